The number of piperidine rings is 2. The number of likely N-dealkylation sites (tertiary alicyclic amines) is 1. The van der Waals surface area contributed by atoms with Crippen LogP contribution in [-0.4, -0.2) is 47.7 Å². The van der Waals surface area contributed by atoms with Crippen molar-refractivity contribution >= 4 is 33.4 Å². The minimum Gasteiger partial charge on any atom is -0.444 e. The number of ether oxygens (including phenoxy) is 1. The molecule has 7 nitrogen and oxygen atoms in total. The molecule has 3 rings (SSSR count). The predicted octanol–water partition coefficient (Wildman–Crippen LogP) is 5.22. The maximum atomic E-state index is 12.2. The van der Waals surface area contributed by atoms with Gasteiger partial charge in [0.05, 0.1) is 4.92 Å². The fourth-order valence-corrected chi connectivity index (χ4v) is 4.75. The number of carbonyl (C=O) groups excluding carboxylic acids is 1. The molecule has 2 aliphatic heterocycles. The van der Waals surface area contributed by atoms with Crippen molar-refractivity contribution in [3.05, 3.63) is 32.8 Å². The minimum atomic E-state index is -0.462. The molecule has 0 bridgehead atoms. The summed E-state index contributed by atoms with van der Waals surface area (Å²) in [5.74, 6) is 1.22. The van der Waals surface area contributed by atoms with Gasteiger partial charge in [-0.05, 0) is 70.4 Å². The zero-order valence-electron chi connectivity index (χ0n) is 17.4. The molecule has 0 unspecified atom stereocenters. The van der Waals surface area contributed by atoms with Gasteiger partial charge in [-0.25, -0.2) is 4.79 Å². The van der Waals surface area contributed by atoms with Gasteiger partial charge in [0.2, 0.25) is 0 Å². The zero-order chi connectivity index (χ0) is 21.2. The number of amides is 1. The van der Waals surface area contributed by atoms with Crippen molar-refractivity contribution in [3.8, 4) is 0 Å². The van der Waals surface area contributed by atoms with Crippen LogP contribution in [0.25, 0.3) is 0 Å². The summed E-state index contributed by atoms with van der Waals surface area (Å²) in [6.07, 6.45) is 3.85. The largest absolute Gasteiger partial charge is 0.444 e. The standard InChI is InChI=1S/C21H30BrN3O4/c1-21(2,3)29-20(26)24-12-8-16(9-13-24)15-6-10-23(11-7-15)18-5-4-17(22)14-19(18)25(27)28/h4-5,14-16H,6-13H2,1-3H3. The second-order valence-electron chi connectivity index (χ2n) is 9.02. The molecule has 1 aromatic rings. The molecule has 29 heavy (non-hydrogen) atoms. The second-order valence-corrected chi connectivity index (χ2v) is 9.94. The Morgan fingerprint density at radius 1 is 1.10 bits per heavy atom. The molecule has 2 fully saturated rings. The van der Waals surface area contributed by atoms with Gasteiger partial charge in [0.1, 0.15) is 11.3 Å². The van der Waals surface area contributed by atoms with Crippen LogP contribution < -0.4 is 4.90 Å². The topological polar surface area (TPSA) is 75.9 Å². The van der Waals surface area contributed by atoms with Crippen LogP contribution in [0, 0.1) is 22.0 Å². The fraction of sp³-hybridized carbons (Fsp3) is 0.667. The van der Waals surface area contributed by atoms with Crippen LogP contribution in [-0.2, 0) is 4.74 Å². The SMILES string of the molecule is CC(C)(C)OC(=O)N1CCC(C2CCN(c3ccc(Br)cc3[N+](=O)[O-])CC2)CC1. The second kappa shape index (κ2) is 8.90. The van der Waals surface area contributed by atoms with Crippen LogP contribution in [0.15, 0.2) is 22.7 Å². The summed E-state index contributed by atoms with van der Waals surface area (Å²) in [5.41, 5.74) is 0.399. The van der Waals surface area contributed by atoms with Crippen molar-refractivity contribution in [2.24, 2.45) is 11.8 Å². The lowest BCUT2D eigenvalue weighted by molar-refractivity contribution is -0.384. The normalized spacial score (nSPS) is 19.3. The summed E-state index contributed by atoms with van der Waals surface area (Å²) in [7, 11) is 0. The van der Waals surface area contributed by atoms with Crippen LogP contribution in [0.2, 0.25) is 0 Å². The highest BCUT2D eigenvalue weighted by atomic mass is 79.9. The lowest BCUT2D eigenvalue weighted by atomic mass is 9.79. The molecule has 0 spiro atoms. The number of anilines is 1. The molecule has 0 aromatic heterocycles. The first-order chi connectivity index (χ1) is 13.6. The van der Waals surface area contributed by atoms with Crippen LogP contribution >= 0.6 is 15.9 Å². The van der Waals surface area contributed by atoms with E-state index in [2.05, 4.69) is 20.8 Å². The van der Waals surface area contributed by atoms with Gasteiger partial charge in [-0.3, -0.25) is 10.1 Å². The molecule has 2 heterocycles. The highest BCUT2D eigenvalue weighted by Crippen LogP contribution is 2.37. The van der Waals surface area contributed by atoms with E-state index in [1.807, 2.05) is 37.8 Å². The third-order valence-electron chi connectivity index (χ3n) is 5.87. The maximum Gasteiger partial charge on any atom is 0.410 e. The Hall–Kier alpha value is -1.83. The summed E-state index contributed by atoms with van der Waals surface area (Å²) >= 11 is 3.32. The molecule has 0 radical (unpaired) electrons. The molecule has 2 aliphatic rings. The first kappa shape index (κ1) is 21.9. The number of halogens is 1. The molecule has 160 valence electrons. The quantitative estimate of drug-likeness (QED) is 0.449. The Bertz CT molecular complexity index is 749. The van der Waals surface area contributed by atoms with Crippen molar-refractivity contribution in [1.29, 1.82) is 0 Å². The Labute approximate surface area is 180 Å². The van der Waals surface area contributed by atoms with E-state index in [4.69, 9.17) is 4.74 Å². The first-order valence-corrected chi connectivity index (χ1v) is 11.1. The lowest BCUT2D eigenvalue weighted by Crippen LogP contribution is -2.44. The number of benzene rings is 1. The number of carbonyl (C=O) groups is 1. The number of nitro benzene ring substituents is 1. The summed E-state index contributed by atoms with van der Waals surface area (Å²) in [4.78, 5) is 27.3. The van der Waals surface area contributed by atoms with E-state index in [1.54, 1.807) is 6.07 Å². The summed E-state index contributed by atoms with van der Waals surface area (Å²) in [6.45, 7) is 8.83. The third-order valence-corrected chi connectivity index (χ3v) is 6.37. The summed E-state index contributed by atoms with van der Waals surface area (Å²) in [5, 5.41) is 11.4. The maximum absolute atomic E-state index is 12.2. The predicted molar refractivity (Wildman–Crippen MR) is 116 cm³/mol. The Kier molecular flexibility index (Phi) is 6.71. The minimum absolute atomic E-state index is 0.156. The summed E-state index contributed by atoms with van der Waals surface area (Å²) in [6, 6.07) is 5.27. The number of hydrogen-bond acceptors (Lipinski definition) is 5. The molecule has 1 aromatic carbocycles. The molecular weight excluding hydrogens is 438 g/mol. The van der Waals surface area contributed by atoms with E-state index in [9.17, 15) is 14.9 Å². The van der Waals surface area contributed by atoms with Gasteiger partial charge in [-0.2, -0.15) is 0 Å². The van der Waals surface area contributed by atoms with E-state index >= 15 is 0 Å². The van der Waals surface area contributed by atoms with Crippen molar-refractivity contribution in [2.75, 3.05) is 31.1 Å². The van der Waals surface area contributed by atoms with Gasteiger partial charge < -0.3 is 14.5 Å². The van der Waals surface area contributed by atoms with E-state index in [0.29, 0.717) is 17.5 Å². The molecule has 0 N–H and O–H groups in total. The molecule has 8 heteroatoms. The van der Waals surface area contributed by atoms with Gasteiger partial charge in [0, 0.05) is 36.7 Å². The first-order valence-electron chi connectivity index (χ1n) is 10.3. The number of hydrogen-bond donors (Lipinski definition) is 0. The van der Waals surface area contributed by atoms with Gasteiger partial charge in [0.15, 0.2) is 0 Å². The van der Waals surface area contributed by atoms with Gasteiger partial charge in [0.25, 0.3) is 5.69 Å². The van der Waals surface area contributed by atoms with E-state index in [0.717, 1.165) is 56.3 Å². The Balaban J connectivity index is 1.52. The molecule has 0 atom stereocenters. The van der Waals surface area contributed by atoms with E-state index in [-0.39, 0.29) is 16.7 Å². The molecule has 0 aliphatic carbocycles. The highest BCUT2D eigenvalue weighted by Gasteiger charge is 2.33. The van der Waals surface area contributed by atoms with Gasteiger partial charge in [-0.1, -0.05) is 15.9 Å². The van der Waals surface area contributed by atoms with Crippen LogP contribution in [0.3, 0.4) is 0 Å². The van der Waals surface area contributed by atoms with E-state index in [1.165, 1.54) is 0 Å². The molecule has 2 saturated heterocycles. The van der Waals surface area contributed by atoms with Crippen molar-refractivity contribution in [1.82, 2.24) is 4.90 Å². The van der Waals surface area contributed by atoms with Crippen LogP contribution in [0.5, 0.6) is 0 Å². The number of nitrogens with zero attached hydrogens (tertiary/aromatic N) is 3. The smallest absolute Gasteiger partial charge is 0.410 e. The van der Waals surface area contributed by atoms with Crippen molar-refractivity contribution in [3.63, 3.8) is 0 Å². The Morgan fingerprint density at radius 3 is 2.17 bits per heavy atom. The Morgan fingerprint density at radius 2 is 1.66 bits per heavy atom. The molecular formula is C21H30BrN3O4. The summed E-state index contributed by atoms with van der Waals surface area (Å²) < 4.78 is 6.20. The van der Waals surface area contributed by atoms with Crippen LogP contribution in [0.4, 0.5) is 16.2 Å². The molecule has 1 amide bonds. The average Bonchev–Trinajstić information content (AvgIpc) is 2.67. The van der Waals surface area contributed by atoms with Crippen LogP contribution in [0.1, 0.15) is 46.5 Å². The van der Waals surface area contributed by atoms with Crippen molar-refractivity contribution < 1.29 is 14.5 Å². The average molecular weight is 468 g/mol. The highest BCUT2D eigenvalue weighted by molar-refractivity contribution is 9.10. The van der Waals surface area contributed by atoms with Gasteiger partial charge >= 0.3 is 6.09 Å². The lowest BCUT2D eigenvalue weighted by Gasteiger charge is -2.40. The number of rotatable bonds is 3. The fourth-order valence-electron chi connectivity index (χ4n) is 4.40. The number of nitro groups is 1. The van der Waals surface area contributed by atoms with E-state index < -0.39 is 5.60 Å². The monoisotopic (exact) mass is 467 g/mol. The third kappa shape index (κ3) is 5.62. The molecule has 0 saturated carbocycles. The van der Waals surface area contributed by atoms with Gasteiger partial charge in [-0.15, -0.1) is 0 Å². The van der Waals surface area contributed by atoms with Crippen molar-refractivity contribution in [2.45, 2.75) is 52.1 Å². The zero-order valence-corrected chi connectivity index (χ0v) is 19.0.